The summed E-state index contributed by atoms with van der Waals surface area (Å²) in [7, 11) is 1.50. The van der Waals surface area contributed by atoms with Crippen LogP contribution in [-0.4, -0.2) is 127 Å². The topological polar surface area (TPSA) is 195 Å². The van der Waals surface area contributed by atoms with Crippen molar-refractivity contribution in [2.75, 3.05) is 26.9 Å². The number of carbonyl (C=O) groups excluding carboxylic acids is 3. The smallest absolute Gasteiger partial charge is 0.338 e. The van der Waals surface area contributed by atoms with Crippen molar-refractivity contribution in [1.29, 1.82) is 0 Å². The predicted octanol–water partition coefficient (Wildman–Crippen LogP) is 4.34. The van der Waals surface area contributed by atoms with E-state index in [4.69, 9.17) is 42.6 Å². The Balaban J connectivity index is 0.869. The molecule has 4 saturated heterocycles. The summed E-state index contributed by atoms with van der Waals surface area (Å²) in [5.74, 6) is 1.01. The minimum atomic E-state index is -1.59. The molecule has 0 aromatic heterocycles. The number of aliphatic hydroxyl groups excluding tert-OH is 3. The number of ether oxygens (including phenoxy) is 9. The molecule has 4 aliphatic heterocycles. The third kappa shape index (κ3) is 7.52. The monoisotopic (exact) mass is 870 g/mol. The minimum Gasteiger partial charge on any atom is -0.497 e. The largest absolute Gasteiger partial charge is 0.497 e. The Kier molecular flexibility index (Phi) is 12.1. The average molecular weight is 871 g/mol. The van der Waals surface area contributed by atoms with Crippen molar-refractivity contribution in [2.24, 2.45) is 52.3 Å². The van der Waals surface area contributed by atoms with Crippen molar-refractivity contribution >= 4 is 17.7 Å². The zero-order chi connectivity index (χ0) is 43.9. The van der Waals surface area contributed by atoms with Crippen LogP contribution >= 0.6 is 0 Å². The quantitative estimate of drug-likeness (QED) is 0.247. The van der Waals surface area contributed by atoms with Gasteiger partial charge in [-0.1, -0.05) is 27.7 Å². The molecule has 0 radical (unpaired) electrons. The first-order chi connectivity index (χ1) is 29.6. The lowest BCUT2D eigenvalue weighted by Gasteiger charge is -2.60. The third-order valence-electron chi connectivity index (χ3n) is 17.1. The number of hydrogen-bond acceptors (Lipinski definition) is 15. The zero-order valence-corrected chi connectivity index (χ0v) is 36.9. The van der Waals surface area contributed by atoms with Crippen LogP contribution in [0.2, 0.25) is 0 Å². The Hall–Kier alpha value is -2.73. The van der Waals surface area contributed by atoms with Gasteiger partial charge in [0.05, 0.1) is 44.7 Å². The fourth-order valence-electron chi connectivity index (χ4n) is 13.7. The normalized spacial score (nSPS) is 48.7. The molecule has 62 heavy (non-hydrogen) atoms. The van der Waals surface area contributed by atoms with Crippen LogP contribution in [0, 0.1) is 52.3 Å². The van der Waals surface area contributed by atoms with Crippen LogP contribution in [0.5, 0.6) is 5.75 Å². The highest BCUT2D eigenvalue weighted by atomic mass is 16.8. The molecule has 8 fully saturated rings. The maximum Gasteiger partial charge on any atom is 0.338 e. The highest BCUT2D eigenvalue weighted by Crippen LogP contribution is 2.70. The number of fused-ring (bicyclic) bond motifs is 7. The lowest BCUT2D eigenvalue weighted by atomic mass is 9.44. The van der Waals surface area contributed by atoms with Crippen LogP contribution in [0.1, 0.15) is 103 Å². The van der Waals surface area contributed by atoms with Crippen molar-refractivity contribution in [2.45, 2.75) is 160 Å². The van der Waals surface area contributed by atoms with Gasteiger partial charge < -0.3 is 58.0 Å². The van der Waals surface area contributed by atoms with Crippen molar-refractivity contribution in [3.05, 3.63) is 29.8 Å². The van der Waals surface area contributed by atoms with E-state index in [0.717, 1.165) is 44.9 Å². The first-order valence-electron chi connectivity index (χ1n) is 23.0. The number of ketones is 1. The van der Waals surface area contributed by atoms with E-state index in [1.807, 2.05) is 0 Å². The van der Waals surface area contributed by atoms with E-state index in [1.54, 1.807) is 12.1 Å². The van der Waals surface area contributed by atoms with Gasteiger partial charge in [0, 0.05) is 37.0 Å². The fourth-order valence-corrected chi connectivity index (χ4v) is 13.7. The molecule has 1 aromatic rings. The van der Waals surface area contributed by atoms with E-state index in [9.17, 15) is 29.7 Å². The maximum absolute atomic E-state index is 14.7. The summed E-state index contributed by atoms with van der Waals surface area (Å²) in [5, 5.41) is 32.7. The van der Waals surface area contributed by atoms with E-state index >= 15 is 0 Å². The number of carbonyl (C=O) groups is 3. The average Bonchev–Trinajstić information content (AvgIpc) is 3.70. The van der Waals surface area contributed by atoms with Crippen LogP contribution in [0.4, 0.5) is 0 Å². The molecule has 0 amide bonds. The van der Waals surface area contributed by atoms with Gasteiger partial charge in [0.1, 0.15) is 35.9 Å². The summed E-state index contributed by atoms with van der Waals surface area (Å²) in [5.41, 5.74) is -0.320. The molecule has 0 bridgehead atoms. The highest BCUT2D eigenvalue weighted by molar-refractivity contribution is 5.89. The third-order valence-corrected chi connectivity index (χ3v) is 17.1. The van der Waals surface area contributed by atoms with Gasteiger partial charge in [0.2, 0.25) is 0 Å². The van der Waals surface area contributed by atoms with Crippen molar-refractivity contribution < 1.29 is 72.3 Å². The van der Waals surface area contributed by atoms with Gasteiger partial charge in [-0.15, -0.1) is 0 Å². The van der Waals surface area contributed by atoms with Gasteiger partial charge in [-0.2, -0.15) is 0 Å². The summed E-state index contributed by atoms with van der Waals surface area (Å²) in [4.78, 5) is 40.4. The Morgan fingerprint density at radius 1 is 0.806 bits per heavy atom. The number of benzene rings is 1. The first-order valence-corrected chi connectivity index (χ1v) is 23.0. The van der Waals surface area contributed by atoms with Crippen LogP contribution in [0.3, 0.4) is 0 Å². The van der Waals surface area contributed by atoms with Gasteiger partial charge in [0.25, 0.3) is 0 Å². The van der Waals surface area contributed by atoms with E-state index < -0.39 is 72.3 Å². The van der Waals surface area contributed by atoms with Gasteiger partial charge in [-0.25, -0.2) is 4.79 Å². The molecule has 4 aliphatic carbocycles. The maximum atomic E-state index is 14.7. The molecule has 15 heteroatoms. The highest BCUT2D eigenvalue weighted by Gasteiger charge is 2.72. The number of Topliss-reactive ketones (excluding diaryl/α,β-unsaturated/α-hetero) is 1. The van der Waals surface area contributed by atoms with Gasteiger partial charge in [-0.3, -0.25) is 9.59 Å². The molecular weight excluding hydrogens is 805 g/mol. The van der Waals surface area contributed by atoms with Crippen LogP contribution < -0.4 is 4.74 Å². The lowest BCUT2D eigenvalue weighted by Crippen LogP contribution is -2.62. The number of aliphatic hydroxyl groups is 3. The lowest BCUT2D eigenvalue weighted by molar-refractivity contribution is -0.340. The molecule has 15 nitrogen and oxygen atoms in total. The molecule has 4 heterocycles. The molecule has 1 aromatic carbocycles. The van der Waals surface area contributed by atoms with Gasteiger partial charge in [-0.05, 0) is 104 Å². The Bertz CT molecular complexity index is 1820. The van der Waals surface area contributed by atoms with E-state index in [2.05, 4.69) is 27.7 Å². The predicted molar refractivity (Wildman–Crippen MR) is 217 cm³/mol. The van der Waals surface area contributed by atoms with Crippen LogP contribution in [-0.2, 0) is 47.5 Å². The number of esters is 2. The minimum absolute atomic E-state index is 0.0411. The second-order valence-electron chi connectivity index (χ2n) is 20.4. The zero-order valence-electron chi connectivity index (χ0n) is 36.9. The Morgan fingerprint density at radius 2 is 1.53 bits per heavy atom. The molecule has 1 spiro atoms. The molecule has 9 rings (SSSR count). The second-order valence-corrected chi connectivity index (χ2v) is 20.4. The summed E-state index contributed by atoms with van der Waals surface area (Å²) < 4.78 is 54.6. The molecule has 0 unspecified atom stereocenters. The fraction of sp³-hybridized carbons (Fsp3) is 0.809. The standard InChI is InChI=1S/C47H66O15/c1-23-13-16-47(57-20-23)24(2)37-35(62-47)18-32-30-12-9-27-17-29(14-15-45(27,4)31(30)19-36(51)46(32,37)5)59-44-41(58-25(3)48)39(34(50)22-56-44)61-43-40(38(52)33(49)21-55-43)60-42(53)26-7-10-28(54-6)11-8-26/h7-8,10-11,23-24,27,29-35,37-41,43-44,49-50,52H,9,12-22H2,1-6H3/t23-,24+,27+,29+,30-,31+,32+,33-,34+,35+,37+,38+,39+,40-,41-,43+,44+,45+,46-,47-/m1/s1. The van der Waals surface area contributed by atoms with Crippen molar-refractivity contribution in [1.82, 2.24) is 0 Å². The summed E-state index contributed by atoms with van der Waals surface area (Å²) in [6.07, 6.45) is -3.32. The Morgan fingerprint density at radius 3 is 2.23 bits per heavy atom. The molecule has 8 aliphatic rings. The van der Waals surface area contributed by atoms with Crippen molar-refractivity contribution in [3.63, 3.8) is 0 Å². The van der Waals surface area contributed by atoms with E-state index in [0.29, 0.717) is 48.7 Å². The van der Waals surface area contributed by atoms with Crippen LogP contribution in [0.15, 0.2) is 24.3 Å². The number of methoxy groups -OCH3 is 1. The van der Waals surface area contributed by atoms with Crippen molar-refractivity contribution in [3.8, 4) is 5.75 Å². The molecule has 3 N–H and O–H groups in total. The van der Waals surface area contributed by atoms with E-state index in [-0.39, 0.29) is 60.1 Å². The number of rotatable bonds is 8. The summed E-state index contributed by atoms with van der Waals surface area (Å²) in [6, 6.07) is 6.14. The molecular formula is C47H66O15. The Labute approximate surface area is 363 Å². The first kappa shape index (κ1) is 44.5. The summed E-state index contributed by atoms with van der Waals surface area (Å²) in [6.45, 7) is 10.5. The van der Waals surface area contributed by atoms with Gasteiger partial charge >= 0.3 is 11.9 Å². The number of hydrogen-bond donors (Lipinski definition) is 3. The SMILES string of the molecule is COc1ccc(C(=O)O[C@H]2[C@H](O[C@@H]3[C@@H](OC(C)=O)[C@H](O[C@H]4CC[C@@]5(C)[C@@H](CC[C@@H]6[C@@H]5CC(=O)[C@]5(C)[C@@H]7[C@H](C[C@@H]65)O[C@]5(CC[C@@H](C)CO5)[C@H]7C)C4)OC[C@@H]3O)OC[C@@H](O)[C@@H]2O)cc1. The van der Waals surface area contributed by atoms with Crippen LogP contribution in [0.25, 0.3) is 0 Å². The summed E-state index contributed by atoms with van der Waals surface area (Å²) >= 11 is 0. The van der Waals surface area contributed by atoms with E-state index in [1.165, 1.54) is 26.2 Å². The second kappa shape index (κ2) is 16.9. The molecule has 344 valence electrons. The molecule has 20 atom stereocenters. The van der Waals surface area contributed by atoms with Gasteiger partial charge in [0.15, 0.2) is 30.6 Å². The molecule has 4 saturated carbocycles.